The minimum absolute atomic E-state index is 0.123. The van der Waals surface area contributed by atoms with Crippen molar-refractivity contribution in [2.45, 2.75) is 19.3 Å². The van der Waals surface area contributed by atoms with Gasteiger partial charge in [-0.05, 0) is 25.2 Å². The highest BCUT2D eigenvalue weighted by atomic mass is 16.5. The van der Waals surface area contributed by atoms with Crippen LogP contribution in [0.3, 0.4) is 0 Å². The molecular formula is C9H12O3. The van der Waals surface area contributed by atoms with Crippen LogP contribution in [0.5, 0.6) is 0 Å². The Kier molecular flexibility index (Phi) is 1.67. The van der Waals surface area contributed by atoms with Crippen LogP contribution in [0.4, 0.5) is 0 Å². The predicted octanol–water partition coefficient (Wildman–Crippen LogP) is 0.775. The number of methoxy groups -OCH3 is 1. The molecule has 2 fully saturated rings. The van der Waals surface area contributed by atoms with Crippen LogP contribution in [-0.4, -0.2) is 18.9 Å². The van der Waals surface area contributed by atoms with E-state index in [1.807, 2.05) is 0 Å². The first-order valence-corrected chi connectivity index (χ1v) is 4.35. The first-order chi connectivity index (χ1) is 5.74. The van der Waals surface area contributed by atoms with Crippen LogP contribution in [0, 0.1) is 17.8 Å². The number of ketones is 1. The zero-order valence-corrected chi connectivity index (χ0v) is 7.08. The molecule has 0 aromatic rings. The summed E-state index contributed by atoms with van der Waals surface area (Å²) in [5, 5.41) is 0. The topological polar surface area (TPSA) is 43.4 Å². The normalized spacial score (nSPS) is 38.8. The van der Waals surface area contributed by atoms with Gasteiger partial charge < -0.3 is 4.74 Å². The molecule has 66 valence electrons. The maximum atomic E-state index is 11.5. The van der Waals surface area contributed by atoms with Crippen LogP contribution in [0.15, 0.2) is 0 Å². The van der Waals surface area contributed by atoms with E-state index in [9.17, 15) is 9.59 Å². The fourth-order valence-corrected chi connectivity index (χ4v) is 2.50. The van der Waals surface area contributed by atoms with Gasteiger partial charge in [0.1, 0.15) is 11.7 Å². The lowest BCUT2D eigenvalue weighted by molar-refractivity contribution is -0.151. The summed E-state index contributed by atoms with van der Waals surface area (Å²) >= 11 is 0. The predicted molar refractivity (Wildman–Crippen MR) is 41.3 cm³/mol. The van der Waals surface area contributed by atoms with Gasteiger partial charge >= 0.3 is 5.97 Å². The standard InChI is InChI=1S/C9H12O3/c1-12-9(11)7-5-2-3-6(4-5)8(7)10/h5-7H,2-4H2,1H3/t5-,6-,7+/m0/s1. The molecule has 0 radical (unpaired) electrons. The summed E-state index contributed by atoms with van der Waals surface area (Å²) in [6, 6.07) is 0. The van der Waals surface area contributed by atoms with E-state index in [1.165, 1.54) is 7.11 Å². The van der Waals surface area contributed by atoms with Gasteiger partial charge in [0.05, 0.1) is 7.11 Å². The molecule has 3 heteroatoms. The zero-order chi connectivity index (χ0) is 8.72. The highest BCUT2D eigenvalue weighted by Crippen LogP contribution is 2.46. The fourth-order valence-electron chi connectivity index (χ4n) is 2.50. The minimum Gasteiger partial charge on any atom is -0.468 e. The van der Waals surface area contributed by atoms with Crippen LogP contribution in [0.1, 0.15) is 19.3 Å². The Hall–Kier alpha value is -0.860. The van der Waals surface area contributed by atoms with E-state index in [-0.39, 0.29) is 23.6 Å². The Balaban J connectivity index is 2.17. The van der Waals surface area contributed by atoms with E-state index < -0.39 is 5.92 Å². The van der Waals surface area contributed by atoms with Gasteiger partial charge in [0.15, 0.2) is 0 Å². The number of rotatable bonds is 1. The highest BCUT2D eigenvalue weighted by molar-refractivity contribution is 6.02. The molecule has 2 aliphatic carbocycles. The number of esters is 1. The van der Waals surface area contributed by atoms with E-state index in [1.54, 1.807) is 0 Å². The quantitative estimate of drug-likeness (QED) is 0.429. The van der Waals surface area contributed by atoms with Gasteiger partial charge in [0.25, 0.3) is 0 Å². The molecule has 3 atom stereocenters. The lowest BCUT2D eigenvalue weighted by Gasteiger charge is -2.17. The average Bonchev–Trinajstić information content (AvgIpc) is 2.63. The van der Waals surface area contributed by atoms with Crippen LogP contribution in [0.2, 0.25) is 0 Å². The number of hydrogen-bond donors (Lipinski definition) is 0. The van der Waals surface area contributed by atoms with E-state index in [0.29, 0.717) is 0 Å². The third-order valence-corrected chi connectivity index (χ3v) is 3.11. The molecule has 0 aliphatic heterocycles. The zero-order valence-electron chi connectivity index (χ0n) is 7.08. The second-order valence-electron chi connectivity index (χ2n) is 3.67. The van der Waals surface area contributed by atoms with Crippen LogP contribution in [0.25, 0.3) is 0 Å². The van der Waals surface area contributed by atoms with E-state index >= 15 is 0 Å². The molecule has 12 heavy (non-hydrogen) atoms. The second kappa shape index (κ2) is 2.57. The smallest absolute Gasteiger partial charge is 0.316 e. The molecule has 0 saturated heterocycles. The van der Waals surface area contributed by atoms with Crippen molar-refractivity contribution in [1.82, 2.24) is 0 Å². The molecule has 0 N–H and O–H groups in total. The largest absolute Gasteiger partial charge is 0.468 e. The van der Waals surface area contributed by atoms with Crippen molar-refractivity contribution in [2.24, 2.45) is 17.8 Å². The van der Waals surface area contributed by atoms with Gasteiger partial charge in [0, 0.05) is 5.92 Å². The first-order valence-electron chi connectivity index (χ1n) is 4.35. The van der Waals surface area contributed by atoms with E-state index in [2.05, 4.69) is 4.74 Å². The van der Waals surface area contributed by atoms with Crippen molar-refractivity contribution in [3.63, 3.8) is 0 Å². The number of carbonyl (C=O) groups excluding carboxylic acids is 2. The third-order valence-electron chi connectivity index (χ3n) is 3.11. The maximum Gasteiger partial charge on any atom is 0.316 e. The van der Waals surface area contributed by atoms with Crippen molar-refractivity contribution in [3.8, 4) is 0 Å². The third kappa shape index (κ3) is 0.886. The molecule has 2 bridgehead atoms. The van der Waals surface area contributed by atoms with E-state index in [0.717, 1.165) is 19.3 Å². The summed E-state index contributed by atoms with van der Waals surface area (Å²) in [5.74, 6) is -0.173. The van der Waals surface area contributed by atoms with Gasteiger partial charge in [-0.3, -0.25) is 9.59 Å². The molecule has 0 spiro atoms. The number of Topliss-reactive ketones (excluding diaryl/α,β-unsaturated/α-hetero) is 1. The van der Waals surface area contributed by atoms with E-state index in [4.69, 9.17) is 0 Å². The summed E-state index contributed by atoms with van der Waals surface area (Å²) in [7, 11) is 1.35. The van der Waals surface area contributed by atoms with Crippen molar-refractivity contribution in [2.75, 3.05) is 7.11 Å². The Morgan fingerprint density at radius 2 is 2.25 bits per heavy atom. The number of hydrogen-bond acceptors (Lipinski definition) is 3. The van der Waals surface area contributed by atoms with Gasteiger partial charge in [-0.25, -0.2) is 0 Å². The average molecular weight is 168 g/mol. The molecule has 0 aromatic carbocycles. The monoisotopic (exact) mass is 168 g/mol. The summed E-state index contributed by atoms with van der Waals surface area (Å²) in [6.45, 7) is 0. The summed E-state index contributed by atoms with van der Waals surface area (Å²) in [5.41, 5.74) is 0. The molecule has 0 unspecified atom stereocenters. The number of carbonyl (C=O) groups is 2. The van der Waals surface area contributed by atoms with Crippen molar-refractivity contribution >= 4 is 11.8 Å². The lowest BCUT2D eigenvalue weighted by atomic mass is 9.88. The highest BCUT2D eigenvalue weighted by Gasteiger charge is 2.50. The summed E-state index contributed by atoms with van der Waals surface area (Å²) in [4.78, 5) is 22.6. The first kappa shape index (κ1) is 7.77. The summed E-state index contributed by atoms with van der Waals surface area (Å²) < 4.78 is 4.60. The Labute approximate surface area is 71.1 Å². The SMILES string of the molecule is COC(=O)[C@H]1C(=O)[C@H]2CC[C@H]1C2. The molecule has 0 heterocycles. The van der Waals surface area contributed by atoms with Gasteiger partial charge in [0.2, 0.25) is 0 Å². The van der Waals surface area contributed by atoms with Gasteiger partial charge in [-0.2, -0.15) is 0 Å². The Morgan fingerprint density at radius 1 is 1.50 bits per heavy atom. The number of fused-ring (bicyclic) bond motifs is 2. The molecule has 3 nitrogen and oxygen atoms in total. The van der Waals surface area contributed by atoms with Gasteiger partial charge in [-0.15, -0.1) is 0 Å². The number of ether oxygens (including phenoxy) is 1. The molecule has 2 saturated carbocycles. The maximum absolute atomic E-state index is 11.5. The van der Waals surface area contributed by atoms with Gasteiger partial charge in [-0.1, -0.05) is 0 Å². The van der Waals surface area contributed by atoms with Crippen LogP contribution < -0.4 is 0 Å². The molecule has 2 rings (SSSR count). The summed E-state index contributed by atoms with van der Waals surface area (Å²) in [6.07, 6.45) is 2.92. The fraction of sp³-hybridized carbons (Fsp3) is 0.778. The van der Waals surface area contributed by atoms with Crippen LogP contribution >= 0.6 is 0 Å². The molecule has 0 amide bonds. The Bertz CT molecular complexity index is 234. The minimum atomic E-state index is -0.422. The lowest BCUT2D eigenvalue weighted by Crippen LogP contribution is -2.30. The molecule has 0 aromatic heterocycles. The molecular weight excluding hydrogens is 156 g/mol. The Morgan fingerprint density at radius 3 is 2.75 bits per heavy atom. The van der Waals surface area contributed by atoms with Crippen molar-refractivity contribution in [3.05, 3.63) is 0 Å². The second-order valence-corrected chi connectivity index (χ2v) is 3.67. The van der Waals surface area contributed by atoms with Crippen molar-refractivity contribution in [1.29, 1.82) is 0 Å². The molecule has 2 aliphatic rings. The van der Waals surface area contributed by atoms with Crippen molar-refractivity contribution < 1.29 is 14.3 Å². The van der Waals surface area contributed by atoms with Crippen LogP contribution in [-0.2, 0) is 14.3 Å².